The molecule has 0 aromatic carbocycles. The van der Waals surface area contributed by atoms with Crippen LogP contribution in [0.25, 0.3) is 0 Å². The lowest BCUT2D eigenvalue weighted by Gasteiger charge is -2.33. The lowest BCUT2D eigenvalue weighted by molar-refractivity contribution is 0.278. The van der Waals surface area contributed by atoms with Crippen molar-refractivity contribution in [3.8, 4) is 0 Å². The van der Waals surface area contributed by atoms with E-state index in [4.69, 9.17) is 11.6 Å². The zero-order valence-corrected chi connectivity index (χ0v) is 7.20. The van der Waals surface area contributed by atoms with Crippen molar-refractivity contribution in [1.29, 1.82) is 0 Å². The highest BCUT2D eigenvalue weighted by molar-refractivity contribution is 6.18. The molecule has 1 fully saturated rings. The molecule has 0 saturated carbocycles. The van der Waals surface area contributed by atoms with Gasteiger partial charge in [0, 0.05) is 18.5 Å². The van der Waals surface area contributed by atoms with Gasteiger partial charge in [0.25, 0.3) is 0 Å². The van der Waals surface area contributed by atoms with Crippen LogP contribution in [0.2, 0.25) is 0 Å². The van der Waals surface area contributed by atoms with Gasteiger partial charge < -0.3 is 5.32 Å². The monoisotopic (exact) mass is 149 g/mol. The van der Waals surface area contributed by atoms with Crippen molar-refractivity contribution in [2.45, 2.75) is 26.8 Å². The molecule has 1 N–H and O–H groups in total. The summed E-state index contributed by atoms with van der Waals surface area (Å²) in [5.74, 6) is 1.55. The Morgan fingerprint density at radius 3 is 2.11 bits per heavy atom. The summed E-state index contributed by atoms with van der Waals surface area (Å²) in [5.41, 5.74) is 0. The van der Waals surface area contributed by atoms with Crippen molar-refractivity contribution in [1.82, 2.24) is 5.32 Å². The Kier molecular flexibility index (Phi) is 5.21. The third-order valence-corrected chi connectivity index (χ3v) is 2.00. The van der Waals surface area contributed by atoms with Crippen LogP contribution in [0.15, 0.2) is 0 Å². The quantitative estimate of drug-likeness (QED) is 0.562. The van der Waals surface area contributed by atoms with Crippen molar-refractivity contribution in [2.24, 2.45) is 5.92 Å². The highest BCUT2D eigenvalue weighted by atomic mass is 35.5. The SMILES string of the molecule is CC.CC1NCC1CCl. The van der Waals surface area contributed by atoms with Crippen LogP contribution < -0.4 is 5.32 Å². The third-order valence-electron chi connectivity index (χ3n) is 1.61. The van der Waals surface area contributed by atoms with E-state index in [0.29, 0.717) is 6.04 Å². The molecule has 1 saturated heterocycles. The normalized spacial score (nSPS) is 32.0. The maximum Gasteiger partial charge on any atom is 0.0278 e. The van der Waals surface area contributed by atoms with Gasteiger partial charge in [-0.15, -0.1) is 11.6 Å². The summed E-state index contributed by atoms with van der Waals surface area (Å²) in [6.07, 6.45) is 0. The molecule has 1 aliphatic heterocycles. The van der Waals surface area contributed by atoms with E-state index in [-0.39, 0.29) is 0 Å². The Hall–Kier alpha value is 0.250. The molecule has 0 bridgehead atoms. The molecule has 2 atom stereocenters. The average molecular weight is 150 g/mol. The van der Waals surface area contributed by atoms with Gasteiger partial charge in [0.2, 0.25) is 0 Å². The van der Waals surface area contributed by atoms with Crippen LogP contribution in [0.3, 0.4) is 0 Å². The maximum absolute atomic E-state index is 5.56. The molecule has 1 heterocycles. The summed E-state index contributed by atoms with van der Waals surface area (Å²) in [6, 6.07) is 0.664. The maximum atomic E-state index is 5.56. The first-order chi connectivity index (χ1) is 4.34. The largest absolute Gasteiger partial charge is 0.314 e. The van der Waals surface area contributed by atoms with Gasteiger partial charge in [-0.1, -0.05) is 13.8 Å². The summed E-state index contributed by atoms with van der Waals surface area (Å²) >= 11 is 5.56. The zero-order valence-electron chi connectivity index (χ0n) is 6.45. The Balaban J connectivity index is 0.000000291. The summed E-state index contributed by atoms with van der Waals surface area (Å²) in [5, 5.41) is 3.22. The highest BCUT2D eigenvalue weighted by Crippen LogP contribution is 2.12. The Morgan fingerprint density at radius 1 is 1.56 bits per heavy atom. The molecular weight excluding hydrogens is 134 g/mol. The van der Waals surface area contributed by atoms with Crippen LogP contribution in [0.4, 0.5) is 0 Å². The minimum absolute atomic E-state index is 0.664. The molecule has 0 radical (unpaired) electrons. The fraction of sp³-hybridized carbons (Fsp3) is 1.00. The van der Waals surface area contributed by atoms with Gasteiger partial charge in [0.1, 0.15) is 0 Å². The Labute approximate surface area is 62.8 Å². The van der Waals surface area contributed by atoms with E-state index >= 15 is 0 Å². The minimum Gasteiger partial charge on any atom is -0.314 e. The second-order valence-electron chi connectivity index (χ2n) is 2.11. The first-order valence-electron chi connectivity index (χ1n) is 3.64. The van der Waals surface area contributed by atoms with E-state index < -0.39 is 0 Å². The van der Waals surface area contributed by atoms with E-state index in [1.165, 1.54) is 0 Å². The lowest BCUT2D eigenvalue weighted by atomic mass is 9.96. The molecule has 2 unspecified atom stereocenters. The van der Waals surface area contributed by atoms with Crippen LogP contribution in [-0.2, 0) is 0 Å². The summed E-state index contributed by atoms with van der Waals surface area (Å²) in [6.45, 7) is 7.28. The van der Waals surface area contributed by atoms with Crippen LogP contribution in [-0.4, -0.2) is 18.5 Å². The topological polar surface area (TPSA) is 12.0 Å². The van der Waals surface area contributed by atoms with E-state index in [0.717, 1.165) is 18.3 Å². The summed E-state index contributed by atoms with van der Waals surface area (Å²) in [4.78, 5) is 0. The second-order valence-corrected chi connectivity index (χ2v) is 2.42. The van der Waals surface area contributed by atoms with Gasteiger partial charge in [-0.2, -0.15) is 0 Å². The minimum atomic E-state index is 0.664. The molecule has 1 nitrogen and oxygen atoms in total. The second kappa shape index (κ2) is 5.07. The number of hydrogen-bond acceptors (Lipinski definition) is 1. The van der Waals surface area contributed by atoms with Gasteiger partial charge >= 0.3 is 0 Å². The number of hydrogen-bond donors (Lipinski definition) is 1. The molecule has 0 aromatic rings. The predicted molar refractivity (Wildman–Crippen MR) is 43.0 cm³/mol. The number of nitrogens with one attached hydrogen (secondary N) is 1. The van der Waals surface area contributed by atoms with E-state index in [1.54, 1.807) is 0 Å². The molecule has 56 valence electrons. The first kappa shape index (κ1) is 9.25. The molecule has 0 aromatic heterocycles. The van der Waals surface area contributed by atoms with Gasteiger partial charge in [-0.3, -0.25) is 0 Å². The van der Waals surface area contributed by atoms with Crippen molar-refractivity contribution in [3.63, 3.8) is 0 Å². The van der Waals surface area contributed by atoms with Crippen molar-refractivity contribution in [2.75, 3.05) is 12.4 Å². The molecule has 0 amide bonds. The van der Waals surface area contributed by atoms with Gasteiger partial charge in [0.15, 0.2) is 0 Å². The van der Waals surface area contributed by atoms with E-state index in [1.807, 2.05) is 13.8 Å². The van der Waals surface area contributed by atoms with Gasteiger partial charge in [0.05, 0.1) is 0 Å². The standard InChI is InChI=1S/C5H10ClN.C2H6/c1-4-5(2-6)3-7-4;1-2/h4-5,7H,2-3H2,1H3;1-2H3. The molecule has 0 aliphatic carbocycles. The highest BCUT2D eigenvalue weighted by Gasteiger charge is 2.23. The molecule has 1 aliphatic rings. The Bertz CT molecular complexity index is 63.9. The van der Waals surface area contributed by atoms with Crippen molar-refractivity contribution in [3.05, 3.63) is 0 Å². The van der Waals surface area contributed by atoms with Gasteiger partial charge in [-0.05, 0) is 12.8 Å². The number of rotatable bonds is 1. The number of alkyl halides is 1. The first-order valence-corrected chi connectivity index (χ1v) is 4.17. The Morgan fingerprint density at radius 2 is 2.11 bits per heavy atom. The molecule has 2 heteroatoms. The van der Waals surface area contributed by atoms with Gasteiger partial charge in [-0.25, -0.2) is 0 Å². The molecule has 9 heavy (non-hydrogen) atoms. The van der Waals surface area contributed by atoms with Crippen LogP contribution in [0, 0.1) is 5.92 Å². The van der Waals surface area contributed by atoms with Crippen molar-refractivity contribution >= 4 is 11.6 Å². The smallest absolute Gasteiger partial charge is 0.0278 e. The van der Waals surface area contributed by atoms with Crippen LogP contribution in [0.1, 0.15) is 20.8 Å². The predicted octanol–water partition coefficient (Wildman–Crippen LogP) is 1.86. The zero-order chi connectivity index (χ0) is 7.28. The third kappa shape index (κ3) is 2.55. The molecular formula is C7H16ClN. The molecule has 1 rings (SSSR count). The van der Waals surface area contributed by atoms with Crippen molar-refractivity contribution < 1.29 is 0 Å². The van der Waals surface area contributed by atoms with Crippen LogP contribution >= 0.6 is 11.6 Å². The van der Waals surface area contributed by atoms with E-state index in [2.05, 4.69) is 12.2 Å². The van der Waals surface area contributed by atoms with E-state index in [9.17, 15) is 0 Å². The fourth-order valence-corrected chi connectivity index (χ4v) is 1.08. The summed E-state index contributed by atoms with van der Waals surface area (Å²) in [7, 11) is 0. The fourth-order valence-electron chi connectivity index (χ4n) is 0.708. The number of halogens is 1. The summed E-state index contributed by atoms with van der Waals surface area (Å²) < 4.78 is 0. The molecule has 0 spiro atoms. The van der Waals surface area contributed by atoms with Crippen LogP contribution in [0.5, 0.6) is 0 Å². The average Bonchev–Trinajstić information content (AvgIpc) is 1.91. The lowest BCUT2D eigenvalue weighted by Crippen LogP contribution is -2.51.